The van der Waals surface area contributed by atoms with Crippen molar-refractivity contribution in [3.8, 4) is 0 Å². The summed E-state index contributed by atoms with van der Waals surface area (Å²) in [5.41, 5.74) is 1.44. The summed E-state index contributed by atoms with van der Waals surface area (Å²) < 4.78 is 32.8. The molecule has 5 nitrogen and oxygen atoms in total. The van der Waals surface area contributed by atoms with E-state index in [-0.39, 0.29) is 10.5 Å². The first kappa shape index (κ1) is 16.5. The van der Waals surface area contributed by atoms with E-state index in [9.17, 15) is 13.2 Å². The van der Waals surface area contributed by atoms with E-state index in [1.165, 1.54) is 31.4 Å². The van der Waals surface area contributed by atoms with Gasteiger partial charge in [0.05, 0.1) is 23.3 Å². The Bertz CT molecular complexity index is 818. The molecule has 0 aromatic heterocycles. The van der Waals surface area contributed by atoms with Gasteiger partial charge in [0.25, 0.3) is 10.0 Å². The number of carbonyl (C=O) groups excluding carboxylic acids is 1. The lowest BCUT2D eigenvalue weighted by Gasteiger charge is -2.11. The fraction of sp³-hybridized carbons (Fsp3) is 0.133. The highest BCUT2D eigenvalue weighted by Gasteiger charge is 2.17. The zero-order valence-electron chi connectivity index (χ0n) is 12.0. The first-order valence-corrected chi connectivity index (χ1v) is 8.58. The van der Waals surface area contributed by atoms with E-state index in [0.29, 0.717) is 5.69 Å². The Hall–Kier alpha value is -1.86. The second kappa shape index (κ2) is 6.50. The fourth-order valence-corrected chi connectivity index (χ4v) is 3.51. The SMILES string of the molecule is COC(=O)c1cccc(S(=O)(=O)Nc2ccc(Br)cc2C)c1. The summed E-state index contributed by atoms with van der Waals surface area (Å²) in [7, 11) is -2.54. The van der Waals surface area contributed by atoms with Gasteiger partial charge < -0.3 is 4.74 Å². The molecule has 0 saturated carbocycles. The van der Waals surface area contributed by atoms with Gasteiger partial charge in [0.15, 0.2) is 0 Å². The summed E-state index contributed by atoms with van der Waals surface area (Å²) >= 11 is 3.33. The molecule has 0 atom stereocenters. The van der Waals surface area contributed by atoms with E-state index in [4.69, 9.17) is 0 Å². The number of benzene rings is 2. The molecule has 116 valence electrons. The van der Waals surface area contributed by atoms with Gasteiger partial charge in [0, 0.05) is 4.47 Å². The number of nitrogens with one attached hydrogen (secondary N) is 1. The largest absolute Gasteiger partial charge is 0.465 e. The van der Waals surface area contributed by atoms with E-state index in [1.807, 2.05) is 6.07 Å². The van der Waals surface area contributed by atoms with Gasteiger partial charge in [-0.2, -0.15) is 0 Å². The van der Waals surface area contributed by atoms with E-state index in [2.05, 4.69) is 25.4 Å². The van der Waals surface area contributed by atoms with Gasteiger partial charge in [-0.15, -0.1) is 0 Å². The number of aryl methyl sites for hydroxylation is 1. The summed E-state index contributed by atoms with van der Waals surface area (Å²) in [6.45, 7) is 1.80. The predicted octanol–water partition coefficient (Wildman–Crippen LogP) is 3.34. The average Bonchev–Trinajstić information content (AvgIpc) is 2.49. The van der Waals surface area contributed by atoms with Crippen LogP contribution in [-0.2, 0) is 14.8 Å². The van der Waals surface area contributed by atoms with Gasteiger partial charge in [0.1, 0.15) is 0 Å². The highest BCUT2D eigenvalue weighted by molar-refractivity contribution is 9.10. The van der Waals surface area contributed by atoms with Crippen molar-refractivity contribution in [1.29, 1.82) is 0 Å². The van der Waals surface area contributed by atoms with Gasteiger partial charge >= 0.3 is 5.97 Å². The first-order chi connectivity index (χ1) is 10.3. The minimum atomic E-state index is -3.79. The molecule has 0 radical (unpaired) electrons. The molecule has 0 spiro atoms. The van der Waals surface area contributed by atoms with E-state index in [0.717, 1.165) is 10.0 Å². The predicted molar refractivity (Wildman–Crippen MR) is 87.5 cm³/mol. The quantitative estimate of drug-likeness (QED) is 0.821. The molecule has 0 amide bonds. The Balaban J connectivity index is 2.36. The van der Waals surface area contributed by atoms with Crippen molar-refractivity contribution in [3.05, 3.63) is 58.1 Å². The molecule has 2 aromatic rings. The van der Waals surface area contributed by atoms with Crippen molar-refractivity contribution in [2.24, 2.45) is 0 Å². The maximum atomic E-state index is 12.4. The molecule has 0 aliphatic heterocycles. The maximum Gasteiger partial charge on any atom is 0.337 e. The standard InChI is InChI=1S/C15H14BrNO4S/c1-10-8-12(16)6-7-14(10)17-22(19,20)13-5-3-4-11(9-13)15(18)21-2/h3-9,17H,1-2H3. The van der Waals surface area contributed by atoms with Gasteiger partial charge in [0.2, 0.25) is 0 Å². The van der Waals surface area contributed by atoms with Gasteiger partial charge in [-0.3, -0.25) is 4.72 Å². The van der Waals surface area contributed by atoms with Crippen LogP contribution in [-0.4, -0.2) is 21.5 Å². The molecular formula is C15H14BrNO4S. The molecule has 0 unspecified atom stereocenters. The van der Waals surface area contributed by atoms with Crippen molar-refractivity contribution in [3.63, 3.8) is 0 Å². The van der Waals surface area contributed by atoms with Gasteiger partial charge in [-0.05, 0) is 48.9 Å². The topological polar surface area (TPSA) is 72.5 Å². The Morgan fingerprint density at radius 3 is 2.55 bits per heavy atom. The van der Waals surface area contributed by atoms with Crippen molar-refractivity contribution in [2.75, 3.05) is 11.8 Å². The monoisotopic (exact) mass is 383 g/mol. The zero-order chi connectivity index (χ0) is 16.3. The molecule has 22 heavy (non-hydrogen) atoms. The smallest absolute Gasteiger partial charge is 0.337 e. The number of methoxy groups -OCH3 is 1. The summed E-state index contributed by atoms with van der Waals surface area (Å²) in [6, 6.07) is 10.9. The van der Waals surface area contributed by atoms with Crippen molar-refractivity contribution < 1.29 is 17.9 Å². The zero-order valence-corrected chi connectivity index (χ0v) is 14.4. The maximum absolute atomic E-state index is 12.4. The highest BCUT2D eigenvalue weighted by atomic mass is 79.9. The number of ether oxygens (including phenoxy) is 1. The van der Waals surface area contributed by atoms with E-state index >= 15 is 0 Å². The first-order valence-electron chi connectivity index (χ1n) is 6.31. The number of hydrogen-bond donors (Lipinski definition) is 1. The third-order valence-corrected chi connectivity index (χ3v) is 4.85. The van der Waals surface area contributed by atoms with Crippen LogP contribution in [0, 0.1) is 6.92 Å². The summed E-state index contributed by atoms with van der Waals surface area (Å²) in [4.78, 5) is 11.5. The number of esters is 1. The Morgan fingerprint density at radius 2 is 1.91 bits per heavy atom. The highest BCUT2D eigenvalue weighted by Crippen LogP contribution is 2.23. The van der Waals surface area contributed by atoms with Crippen molar-refractivity contribution in [2.45, 2.75) is 11.8 Å². The van der Waals surface area contributed by atoms with Crippen LogP contribution in [0.2, 0.25) is 0 Å². The average molecular weight is 384 g/mol. The Kier molecular flexibility index (Phi) is 4.87. The molecule has 7 heteroatoms. The molecule has 0 aliphatic rings. The fourth-order valence-electron chi connectivity index (χ4n) is 1.85. The van der Waals surface area contributed by atoms with Crippen LogP contribution in [0.15, 0.2) is 51.8 Å². The van der Waals surface area contributed by atoms with Crippen molar-refractivity contribution >= 4 is 37.6 Å². The van der Waals surface area contributed by atoms with Crippen LogP contribution in [0.1, 0.15) is 15.9 Å². The van der Waals surface area contributed by atoms with Crippen molar-refractivity contribution in [1.82, 2.24) is 0 Å². The molecule has 0 heterocycles. The van der Waals surface area contributed by atoms with Crippen LogP contribution in [0.4, 0.5) is 5.69 Å². The van der Waals surface area contributed by atoms with Gasteiger partial charge in [-0.1, -0.05) is 22.0 Å². The molecular weight excluding hydrogens is 370 g/mol. The molecule has 0 saturated heterocycles. The number of anilines is 1. The third kappa shape index (κ3) is 3.66. The van der Waals surface area contributed by atoms with E-state index < -0.39 is 16.0 Å². The van der Waals surface area contributed by atoms with Crippen LogP contribution < -0.4 is 4.72 Å². The second-order valence-corrected chi connectivity index (χ2v) is 7.18. The minimum Gasteiger partial charge on any atom is -0.465 e. The van der Waals surface area contributed by atoms with Gasteiger partial charge in [-0.25, -0.2) is 13.2 Å². The molecule has 0 fully saturated rings. The van der Waals surface area contributed by atoms with Crippen LogP contribution >= 0.6 is 15.9 Å². The summed E-state index contributed by atoms with van der Waals surface area (Å²) in [6.07, 6.45) is 0. The third-order valence-electron chi connectivity index (χ3n) is 3.00. The lowest BCUT2D eigenvalue weighted by Crippen LogP contribution is -2.14. The minimum absolute atomic E-state index is 0.00211. The summed E-state index contributed by atoms with van der Waals surface area (Å²) in [5, 5.41) is 0. The lowest BCUT2D eigenvalue weighted by atomic mass is 10.2. The Labute approximate surface area is 137 Å². The number of hydrogen-bond acceptors (Lipinski definition) is 4. The molecule has 0 bridgehead atoms. The Morgan fingerprint density at radius 1 is 1.18 bits per heavy atom. The summed E-state index contributed by atoms with van der Waals surface area (Å²) in [5.74, 6) is -0.586. The molecule has 2 rings (SSSR count). The number of rotatable bonds is 4. The number of sulfonamides is 1. The molecule has 1 N–H and O–H groups in total. The second-order valence-electron chi connectivity index (χ2n) is 4.58. The molecule has 2 aromatic carbocycles. The van der Waals surface area contributed by atoms with Crippen LogP contribution in [0.25, 0.3) is 0 Å². The number of halogens is 1. The normalized spacial score (nSPS) is 11.0. The van der Waals surface area contributed by atoms with E-state index in [1.54, 1.807) is 19.1 Å². The lowest BCUT2D eigenvalue weighted by molar-refractivity contribution is 0.0600. The van der Waals surface area contributed by atoms with Crippen LogP contribution in [0.3, 0.4) is 0 Å². The van der Waals surface area contributed by atoms with Crippen LogP contribution in [0.5, 0.6) is 0 Å². The number of carbonyl (C=O) groups is 1. The molecule has 0 aliphatic carbocycles.